The van der Waals surface area contributed by atoms with Gasteiger partial charge in [-0.2, -0.15) is 0 Å². The summed E-state index contributed by atoms with van der Waals surface area (Å²) >= 11 is 0. The maximum Gasteiger partial charge on any atom is 0.134 e. The van der Waals surface area contributed by atoms with Crippen LogP contribution < -0.4 is 5.73 Å². The van der Waals surface area contributed by atoms with Gasteiger partial charge in [-0.3, -0.25) is 14.0 Å². The number of carbonyl (C=O) groups excluding carboxylic acids is 1. The largest absolute Gasteiger partial charge is 0.386 e. The van der Waals surface area contributed by atoms with Gasteiger partial charge < -0.3 is 5.73 Å². The number of halogens is 1. The number of aliphatic imine (C=N–C) groups is 1. The Morgan fingerprint density at radius 3 is 2.57 bits per heavy atom. The summed E-state index contributed by atoms with van der Waals surface area (Å²) in [6.45, 7) is 6.66. The van der Waals surface area contributed by atoms with Crippen molar-refractivity contribution < 1.29 is 13.4 Å². The lowest BCUT2D eigenvalue weighted by atomic mass is 9.91. The molecular formula is C17H23FN2O2S. The molecule has 0 amide bonds. The number of hydrogen-bond donors (Lipinski definition) is 1. The number of Topliss-reactive ketones (excluding diaryl/α,β-unsaturated/α-hetero) is 1. The average molecular weight is 338 g/mol. The zero-order valence-corrected chi connectivity index (χ0v) is 14.8. The molecule has 126 valence electrons. The fraction of sp³-hybridized carbons (Fsp3) is 0.471. The molecule has 0 aliphatic carbocycles. The second-order valence-electron chi connectivity index (χ2n) is 6.93. The number of hydrogen-bond acceptors (Lipinski definition) is 4. The molecule has 0 spiro atoms. The van der Waals surface area contributed by atoms with Crippen molar-refractivity contribution in [1.82, 2.24) is 0 Å². The molecule has 23 heavy (non-hydrogen) atoms. The van der Waals surface area contributed by atoms with E-state index in [1.54, 1.807) is 32.9 Å². The van der Waals surface area contributed by atoms with Crippen LogP contribution in [-0.4, -0.2) is 32.2 Å². The Bertz CT molecular complexity index is 797. The molecule has 1 aromatic rings. The van der Waals surface area contributed by atoms with E-state index in [1.165, 1.54) is 13.0 Å². The Hall–Kier alpha value is -1.69. The Morgan fingerprint density at radius 1 is 1.43 bits per heavy atom. The molecule has 0 radical (unpaired) electrons. The number of nitrogens with two attached hydrogens (primary N) is 1. The fourth-order valence-corrected chi connectivity index (χ4v) is 4.69. The van der Waals surface area contributed by atoms with Crippen molar-refractivity contribution >= 4 is 27.0 Å². The lowest BCUT2D eigenvalue weighted by molar-refractivity contribution is -0.116. The van der Waals surface area contributed by atoms with Crippen LogP contribution in [0.1, 0.15) is 38.8 Å². The zero-order valence-electron chi connectivity index (χ0n) is 14.0. The molecule has 1 heterocycles. The van der Waals surface area contributed by atoms with Crippen molar-refractivity contribution in [2.24, 2.45) is 10.7 Å². The predicted molar refractivity (Wildman–Crippen MR) is 94.0 cm³/mol. The monoisotopic (exact) mass is 338 g/mol. The molecule has 1 aliphatic heterocycles. The van der Waals surface area contributed by atoms with Gasteiger partial charge in [-0.25, -0.2) is 4.39 Å². The molecule has 2 rings (SSSR count). The van der Waals surface area contributed by atoms with Gasteiger partial charge in [0.2, 0.25) is 0 Å². The number of amidine groups is 1. The molecule has 1 aliphatic rings. The molecule has 0 saturated carbocycles. The van der Waals surface area contributed by atoms with E-state index in [1.807, 2.05) is 0 Å². The first kappa shape index (κ1) is 17.7. The minimum Gasteiger partial charge on any atom is -0.386 e. The van der Waals surface area contributed by atoms with Gasteiger partial charge in [-0.1, -0.05) is 6.07 Å². The van der Waals surface area contributed by atoms with E-state index in [9.17, 15) is 13.4 Å². The van der Waals surface area contributed by atoms with Crippen LogP contribution >= 0.6 is 0 Å². The first-order valence-corrected chi connectivity index (χ1v) is 9.27. The van der Waals surface area contributed by atoms with Gasteiger partial charge in [0, 0.05) is 17.7 Å². The lowest BCUT2D eigenvalue weighted by Gasteiger charge is -2.41. The molecule has 0 fully saturated rings. The third-order valence-corrected chi connectivity index (χ3v) is 7.59. The van der Waals surface area contributed by atoms with E-state index >= 15 is 0 Å². The van der Waals surface area contributed by atoms with Gasteiger partial charge in [0.05, 0.1) is 10.3 Å². The van der Waals surface area contributed by atoms with Gasteiger partial charge in [0.15, 0.2) is 0 Å². The van der Waals surface area contributed by atoms with Gasteiger partial charge in [-0.15, -0.1) is 0 Å². The molecule has 6 heteroatoms. The van der Waals surface area contributed by atoms with Gasteiger partial charge in [-0.05, 0) is 60.8 Å². The highest BCUT2D eigenvalue weighted by atomic mass is 32.2. The predicted octanol–water partition coefficient (Wildman–Crippen LogP) is 2.04. The summed E-state index contributed by atoms with van der Waals surface area (Å²) in [4.78, 5) is 15.8. The smallest absolute Gasteiger partial charge is 0.134 e. The minimum atomic E-state index is -2.61. The lowest BCUT2D eigenvalue weighted by Crippen LogP contribution is -2.54. The SMILES string of the molecule is C=S1(=O)C[C@@](C)(c2cc(CC(C)=O)ccc2F)N=C(N)C1(C)C. The van der Waals surface area contributed by atoms with E-state index in [2.05, 4.69) is 10.9 Å². The molecule has 0 aromatic heterocycles. The summed E-state index contributed by atoms with van der Waals surface area (Å²) in [5.74, 6) is 3.70. The second-order valence-corrected chi connectivity index (χ2v) is 9.86. The number of nitrogens with zero attached hydrogens (tertiary/aromatic N) is 1. The molecule has 2 atom stereocenters. The van der Waals surface area contributed by atoms with Crippen LogP contribution in [0.3, 0.4) is 0 Å². The van der Waals surface area contributed by atoms with Crippen LogP contribution in [0.2, 0.25) is 0 Å². The van der Waals surface area contributed by atoms with Crippen LogP contribution in [0.25, 0.3) is 0 Å². The topological polar surface area (TPSA) is 72.5 Å². The van der Waals surface area contributed by atoms with Crippen LogP contribution in [0, 0.1) is 5.82 Å². The number of ketones is 1. The van der Waals surface area contributed by atoms with E-state index in [0.29, 0.717) is 11.1 Å². The van der Waals surface area contributed by atoms with Crippen molar-refractivity contribution in [3.05, 3.63) is 35.1 Å². The van der Waals surface area contributed by atoms with Gasteiger partial charge in [0.1, 0.15) is 17.4 Å². The van der Waals surface area contributed by atoms with Crippen molar-refractivity contribution in [3.63, 3.8) is 0 Å². The van der Waals surface area contributed by atoms with Crippen molar-refractivity contribution in [3.8, 4) is 0 Å². The number of benzene rings is 1. The highest BCUT2D eigenvalue weighted by Gasteiger charge is 2.45. The minimum absolute atomic E-state index is 0.0125. The Labute approximate surface area is 137 Å². The van der Waals surface area contributed by atoms with Crippen molar-refractivity contribution in [2.45, 2.75) is 44.4 Å². The molecule has 4 nitrogen and oxygen atoms in total. The average Bonchev–Trinajstić information content (AvgIpc) is 2.37. The number of rotatable bonds is 3. The fourth-order valence-electron chi connectivity index (χ4n) is 2.78. The van der Waals surface area contributed by atoms with E-state index < -0.39 is 25.6 Å². The maximum atomic E-state index is 14.4. The van der Waals surface area contributed by atoms with Crippen LogP contribution in [0.4, 0.5) is 4.39 Å². The van der Waals surface area contributed by atoms with Gasteiger partial charge in [0.25, 0.3) is 0 Å². The summed E-state index contributed by atoms with van der Waals surface area (Å²) in [5, 5.41) is 0. The van der Waals surface area contributed by atoms with E-state index in [0.717, 1.165) is 0 Å². The van der Waals surface area contributed by atoms with Crippen LogP contribution in [-0.2, 0) is 26.3 Å². The van der Waals surface area contributed by atoms with Crippen molar-refractivity contribution in [1.29, 1.82) is 0 Å². The Balaban J connectivity index is 2.61. The summed E-state index contributed by atoms with van der Waals surface area (Å²) in [5.41, 5.74) is 5.96. The Morgan fingerprint density at radius 2 is 2.04 bits per heavy atom. The molecular weight excluding hydrogens is 315 g/mol. The standard InChI is InChI=1S/C17H23FN2O2S/c1-11(21)8-12-6-7-14(18)13(9-12)17(4)10-23(5,22)16(2,3)15(19)20-17/h6-7,9H,5,8,10H2,1-4H3,(H2,19,20)/t17-,23?/m0/s1. The summed E-state index contributed by atoms with van der Waals surface area (Å²) in [7, 11) is -2.61. The summed E-state index contributed by atoms with van der Waals surface area (Å²) < 4.78 is 26.6. The zero-order chi connectivity index (χ0) is 17.6. The van der Waals surface area contributed by atoms with Crippen LogP contribution in [0.5, 0.6) is 0 Å². The summed E-state index contributed by atoms with van der Waals surface area (Å²) in [6.07, 6.45) is 0.216. The molecule has 1 unspecified atom stereocenters. The third kappa shape index (κ3) is 3.04. The van der Waals surface area contributed by atoms with E-state index in [4.69, 9.17) is 5.73 Å². The molecule has 0 bridgehead atoms. The number of carbonyl (C=O) groups is 1. The van der Waals surface area contributed by atoms with E-state index in [-0.39, 0.29) is 23.8 Å². The molecule has 2 N–H and O–H groups in total. The maximum absolute atomic E-state index is 14.4. The van der Waals surface area contributed by atoms with Crippen molar-refractivity contribution in [2.75, 3.05) is 5.75 Å². The second kappa shape index (κ2) is 5.44. The van der Waals surface area contributed by atoms with Gasteiger partial charge >= 0.3 is 0 Å². The summed E-state index contributed by atoms with van der Waals surface area (Å²) in [6, 6.07) is 4.50. The highest BCUT2D eigenvalue weighted by Crippen LogP contribution is 2.38. The first-order chi connectivity index (χ1) is 10.4. The normalized spacial score (nSPS) is 29.9. The molecule has 0 saturated heterocycles. The quantitative estimate of drug-likeness (QED) is 0.857. The Kier molecular flexibility index (Phi) is 4.18. The third-order valence-electron chi connectivity index (χ3n) is 4.49. The molecule has 1 aromatic carbocycles. The highest BCUT2D eigenvalue weighted by molar-refractivity contribution is 8.02. The van der Waals surface area contributed by atoms with Crippen LogP contribution in [0.15, 0.2) is 23.2 Å². The first-order valence-electron chi connectivity index (χ1n) is 7.38.